The number of hydrogen-bond donors (Lipinski definition) is 1. The van der Waals surface area contributed by atoms with Gasteiger partial charge in [0.2, 0.25) is 0 Å². The number of hydrogen-bond acceptors (Lipinski definition) is 6. The summed E-state index contributed by atoms with van der Waals surface area (Å²) in [6.07, 6.45) is 3.26. The first-order valence-electron chi connectivity index (χ1n) is 14.1. The molecule has 3 heterocycles. The summed E-state index contributed by atoms with van der Waals surface area (Å²) >= 11 is 0. The molecule has 0 spiro atoms. The standard InChI is InChI=1S/C32H36N2O6S/c1-41(38,39)29-16-9-8-15-27(29)30(35)33-19-10-20-34-21-17-24(18-22-34)28(23-34)40-31(36)32(37,25-11-4-2-5-12-25)26-13-6-3-7-14-26/h2-9,11-16,24,28H,10,17-23H2,1H3,(H,33,35). The molecule has 9 heteroatoms. The average molecular weight is 577 g/mol. The zero-order valence-electron chi connectivity index (χ0n) is 23.2. The number of benzene rings is 3. The van der Waals surface area contributed by atoms with E-state index in [-0.39, 0.29) is 22.5 Å². The molecule has 0 saturated carbocycles. The lowest BCUT2D eigenvalue weighted by atomic mass is 9.82. The van der Waals surface area contributed by atoms with Gasteiger partial charge in [0.15, 0.2) is 15.9 Å². The number of carbonyl (C=O) groups excluding carboxylic acids is 2. The second-order valence-corrected chi connectivity index (χ2v) is 13.3. The first-order valence-corrected chi connectivity index (χ1v) is 16.0. The maximum absolute atomic E-state index is 14.3. The quantitative estimate of drug-likeness (QED) is 0.226. The maximum Gasteiger partial charge on any atom is 0.304 e. The molecule has 3 fully saturated rings. The van der Waals surface area contributed by atoms with E-state index in [2.05, 4.69) is 5.32 Å². The molecule has 3 aromatic carbocycles. The Balaban J connectivity index is 1.23. The number of nitrogens with zero attached hydrogens (tertiary/aromatic N) is 1. The summed E-state index contributed by atoms with van der Waals surface area (Å²) in [6.45, 7) is 3.75. The molecule has 1 N–H and O–H groups in total. The molecule has 6 rings (SSSR count). The highest BCUT2D eigenvalue weighted by Crippen LogP contribution is 2.37. The van der Waals surface area contributed by atoms with Crippen molar-refractivity contribution >= 4 is 21.7 Å². The van der Waals surface area contributed by atoms with E-state index < -0.39 is 27.3 Å². The zero-order valence-corrected chi connectivity index (χ0v) is 24.0. The molecular weight excluding hydrogens is 540 g/mol. The van der Waals surface area contributed by atoms with E-state index in [9.17, 15) is 23.1 Å². The second kappa shape index (κ2) is 11.8. The number of rotatable bonds is 10. The molecule has 0 aliphatic carbocycles. The van der Waals surface area contributed by atoms with Gasteiger partial charge in [0, 0.05) is 43.6 Å². The van der Waals surface area contributed by atoms with Crippen molar-refractivity contribution in [2.45, 2.75) is 35.9 Å². The number of quaternary nitrogens is 1. The maximum atomic E-state index is 14.3. The van der Waals surface area contributed by atoms with Gasteiger partial charge >= 0.3 is 5.97 Å². The van der Waals surface area contributed by atoms with Crippen molar-refractivity contribution < 1.29 is 32.3 Å². The Morgan fingerprint density at radius 1 is 0.927 bits per heavy atom. The number of esters is 1. The van der Waals surface area contributed by atoms with Crippen LogP contribution in [0.5, 0.6) is 0 Å². The van der Waals surface area contributed by atoms with Gasteiger partial charge in [0.25, 0.3) is 5.91 Å². The van der Waals surface area contributed by atoms with Crippen LogP contribution >= 0.6 is 0 Å². The van der Waals surface area contributed by atoms with Crippen molar-refractivity contribution in [3.05, 3.63) is 102 Å². The molecule has 1 amide bonds. The first-order chi connectivity index (χ1) is 19.6. The van der Waals surface area contributed by atoms with Crippen molar-refractivity contribution in [1.29, 1.82) is 0 Å². The Hall–Kier alpha value is -3.53. The van der Waals surface area contributed by atoms with Crippen LogP contribution in [0.2, 0.25) is 0 Å². The molecule has 0 radical (unpaired) electrons. The van der Waals surface area contributed by atoms with Crippen LogP contribution in [0, 0.1) is 5.92 Å². The molecule has 41 heavy (non-hydrogen) atoms. The zero-order chi connectivity index (χ0) is 29.1. The van der Waals surface area contributed by atoms with E-state index in [4.69, 9.17) is 4.74 Å². The van der Waals surface area contributed by atoms with E-state index in [1.54, 1.807) is 60.7 Å². The summed E-state index contributed by atoms with van der Waals surface area (Å²) in [5.74, 6) is -0.964. The van der Waals surface area contributed by atoms with Gasteiger partial charge in [-0.2, -0.15) is 0 Å². The van der Waals surface area contributed by atoms with Crippen molar-refractivity contribution in [2.75, 3.05) is 39.0 Å². The fraction of sp³-hybridized carbons (Fsp3) is 0.375. The van der Waals surface area contributed by atoms with Crippen molar-refractivity contribution in [3.8, 4) is 0 Å². The summed E-state index contributed by atoms with van der Waals surface area (Å²) in [7, 11) is -3.52. The SMILES string of the molecule is CS(=O)(=O)c1ccccc1C(=O)NCCC[N+]12CCC(CC1)C(OC(=O)C([O-])(c1ccccc1)c1ccccc1)C2. The summed E-state index contributed by atoms with van der Waals surface area (Å²) in [4.78, 5) is 26.4. The van der Waals surface area contributed by atoms with Gasteiger partial charge in [0.1, 0.15) is 6.54 Å². The van der Waals surface area contributed by atoms with Crippen LogP contribution in [0.25, 0.3) is 0 Å². The molecule has 216 valence electrons. The van der Waals surface area contributed by atoms with Gasteiger partial charge in [-0.15, -0.1) is 0 Å². The Morgan fingerprint density at radius 2 is 1.49 bits per heavy atom. The topological polar surface area (TPSA) is 113 Å². The number of sulfone groups is 1. The summed E-state index contributed by atoms with van der Waals surface area (Å²) < 4.78 is 31.0. The van der Waals surface area contributed by atoms with Crippen molar-refractivity contribution in [3.63, 3.8) is 0 Å². The predicted octanol–water partition coefficient (Wildman–Crippen LogP) is 2.67. The predicted molar refractivity (Wildman–Crippen MR) is 152 cm³/mol. The third kappa shape index (κ3) is 6.07. The normalized spacial score (nSPS) is 22.2. The average Bonchev–Trinajstić information content (AvgIpc) is 3.00. The molecule has 1 unspecified atom stereocenters. The molecule has 0 aromatic heterocycles. The lowest BCUT2D eigenvalue weighted by molar-refractivity contribution is -0.946. The number of fused-ring (bicyclic) bond motifs is 3. The third-order valence-electron chi connectivity index (χ3n) is 8.57. The number of carbonyl (C=O) groups is 2. The number of nitrogens with one attached hydrogen (secondary N) is 1. The molecule has 3 aliphatic rings. The van der Waals surface area contributed by atoms with Crippen LogP contribution in [0.3, 0.4) is 0 Å². The second-order valence-electron chi connectivity index (χ2n) is 11.3. The number of amides is 1. The Morgan fingerprint density at radius 3 is 2.07 bits per heavy atom. The van der Waals surface area contributed by atoms with E-state index >= 15 is 0 Å². The van der Waals surface area contributed by atoms with Crippen molar-refractivity contribution in [1.82, 2.24) is 5.32 Å². The molecule has 1 atom stereocenters. The Kier molecular flexibility index (Phi) is 8.31. The summed E-state index contributed by atoms with van der Waals surface area (Å²) in [6, 6.07) is 23.6. The number of piperidine rings is 3. The Bertz CT molecular complexity index is 1450. The minimum absolute atomic E-state index is 0.0163. The van der Waals surface area contributed by atoms with Crippen LogP contribution in [0.4, 0.5) is 0 Å². The van der Waals surface area contributed by atoms with E-state index in [0.29, 0.717) is 30.6 Å². The van der Waals surface area contributed by atoms with Gasteiger partial charge in [-0.05, 0) is 23.3 Å². The highest BCUT2D eigenvalue weighted by Gasteiger charge is 2.48. The molecule has 3 saturated heterocycles. The molecule has 2 bridgehead atoms. The van der Waals surface area contributed by atoms with Gasteiger partial charge in [-0.3, -0.25) is 9.59 Å². The lowest BCUT2D eigenvalue weighted by Crippen LogP contribution is -2.65. The molecular formula is C32H36N2O6S. The minimum atomic E-state index is -3.52. The number of ether oxygens (including phenoxy) is 1. The summed E-state index contributed by atoms with van der Waals surface area (Å²) in [5, 5.41) is 17.1. The van der Waals surface area contributed by atoms with Crippen LogP contribution in [0.15, 0.2) is 89.8 Å². The van der Waals surface area contributed by atoms with Gasteiger partial charge in [0.05, 0.1) is 30.1 Å². The van der Waals surface area contributed by atoms with E-state index in [0.717, 1.165) is 43.2 Å². The highest BCUT2D eigenvalue weighted by atomic mass is 32.2. The van der Waals surface area contributed by atoms with Crippen LogP contribution in [0.1, 0.15) is 40.7 Å². The van der Waals surface area contributed by atoms with Gasteiger partial charge in [-0.1, -0.05) is 72.8 Å². The fourth-order valence-electron chi connectivity index (χ4n) is 6.33. The first kappa shape index (κ1) is 29.0. The Labute approximate surface area is 241 Å². The third-order valence-corrected chi connectivity index (χ3v) is 9.73. The highest BCUT2D eigenvalue weighted by molar-refractivity contribution is 7.90. The molecule has 8 nitrogen and oxygen atoms in total. The molecule has 3 aliphatic heterocycles. The van der Waals surface area contributed by atoms with Crippen LogP contribution < -0.4 is 10.4 Å². The van der Waals surface area contributed by atoms with Gasteiger partial charge in [-0.25, -0.2) is 8.42 Å². The van der Waals surface area contributed by atoms with Crippen LogP contribution in [-0.2, 0) is 25.0 Å². The van der Waals surface area contributed by atoms with E-state index in [1.165, 1.54) is 12.1 Å². The van der Waals surface area contributed by atoms with Crippen LogP contribution in [-0.4, -0.2) is 69.9 Å². The van der Waals surface area contributed by atoms with Gasteiger partial charge < -0.3 is 19.6 Å². The molecule has 3 aromatic rings. The summed E-state index contributed by atoms with van der Waals surface area (Å²) in [5.41, 5.74) is -1.30. The monoisotopic (exact) mass is 576 g/mol. The minimum Gasteiger partial charge on any atom is -0.834 e. The van der Waals surface area contributed by atoms with E-state index in [1.807, 2.05) is 12.1 Å². The lowest BCUT2D eigenvalue weighted by Gasteiger charge is -2.53. The largest absolute Gasteiger partial charge is 0.834 e. The fourth-order valence-corrected chi connectivity index (χ4v) is 7.21. The van der Waals surface area contributed by atoms with Crippen molar-refractivity contribution in [2.24, 2.45) is 5.92 Å². The smallest absolute Gasteiger partial charge is 0.304 e.